The van der Waals surface area contributed by atoms with Crippen LogP contribution in [0, 0.1) is 12.0 Å². The molecule has 0 saturated carbocycles. The molecule has 1 atom stereocenters. The minimum absolute atomic E-state index is 0. The molecule has 0 spiro atoms. The van der Waals surface area contributed by atoms with Gasteiger partial charge >= 0.3 is 41.3 Å². The zero-order chi connectivity index (χ0) is 26.7. The van der Waals surface area contributed by atoms with Crippen LogP contribution in [0.1, 0.15) is 79.0 Å². The first kappa shape index (κ1) is 34.9. The second-order valence-electron chi connectivity index (χ2n) is 12.0. The number of thiophene rings is 1. The quantitative estimate of drug-likeness (QED) is 0.273. The monoisotopic (exact) mass is 640 g/mol. The number of halogens is 2. The van der Waals surface area contributed by atoms with Crippen LogP contribution in [0.2, 0.25) is 0 Å². The van der Waals surface area contributed by atoms with Crippen LogP contribution in [-0.2, 0) is 35.1 Å². The van der Waals surface area contributed by atoms with E-state index in [2.05, 4.69) is 140 Å². The minimum Gasteiger partial charge on any atom is -1.00 e. The molecule has 1 aliphatic rings. The standard InChI is InChI=1S/C21H25.C10H9S.C3H6.2ClH.Zr/c1-20(2,3)16-7-9-18-14(12-16)11-15-13-17(21(4,5)6)8-10-19(15)18;1-8-2-3-9(6-8)10-4-5-11-7-10;1-3-2;;;/h7-13H,1-6H3;2-5,7-8H,1H3;1-2H3;2*1H;/q2*-1;;;;+2/p-2. The molecule has 1 unspecified atom stereocenters. The van der Waals surface area contributed by atoms with Gasteiger partial charge in [-0.15, -0.1) is 51.4 Å². The van der Waals surface area contributed by atoms with Crippen molar-refractivity contribution in [2.45, 2.75) is 73.1 Å². The van der Waals surface area contributed by atoms with E-state index in [1.165, 1.54) is 47.0 Å². The van der Waals surface area contributed by atoms with Crippen LogP contribution in [0.25, 0.3) is 27.1 Å². The van der Waals surface area contributed by atoms with E-state index in [4.69, 9.17) is 0 Å². The Morgan fingerprint density at radius 3 is 1.66 bits per heavy atom. The Morgan fingerprint density at radius 1 is 0.842 bits per heavy atom. The largest absolute Gasteiger partial charge is 1.00 e. The minimum atomic E-state index is 0. The van der Waals surface area contributed by atoms with Crippen molar-refractivity contribution in [3.63, 3.8) is 0 Å². The van der Waals surface area contributed by atoms with Gasteiger partial charge in [-0.05, 0) is 16.2 Å². The van der Waals surface area contributed by atoms with Crippen molar-refractivity contribution in [1.29, 1.82) is 0 Å². The molecule has 1 aromatic heterocycles. The molecule has 0 N–H and O–H groups in total. The number of hydrogen-bond donors (Lipinski definition) is 0. The zero-order valence-corrected chi connectivity index (χ0v) is 29.0. The normalized spacial score (nSPS) is 14.5. The Bertz CT molecular complexity index is 1320. The maximum absolute atomic E-state index is 3.37. The van der Waals surface area contributed by atoms with Crippen LogP contribution in [-0.4, -0.2) is 3.21 Å². The van der Waals surface area contributed by atoms with Crippen molar-refractivity contribution in [3.8, 4) is 0 Å². The first-order valence-electron chi connectivity index (χ1n) is 12.8. The molecular weight excluding hydrogens is 603 g/mol. The molecule has 0 saturated heterocycles. The predicted molar refractivity (Wildman–Crippen MR) is 160 cm³/mol. The van der Waals surface area contributed by atoms with E-state index < -0.39 is 0 Å². The van der Waals surface area contributed by atoms with Gasteiger partial charge in [-0.3, -0.25) is 0 Å². The summed E-state index contributed by atoms with van der Waals surface area (Å²) in [6.07, 6.45) is 7.69. The van der Waals surface area contributed by atoms with Crippen LogP contribution in [0.5, 0.6) is 0 Å². The summed E-state index contributed by atoms with van der Waals surface area (Å²) in [5, 5.41) is 9.73. The zero-order valence-electron chi connectivity index (χ0n) is 24.2. The Kier molecular flexibility index (Phi) is 13.3. The molecule has 1 aliphatic carbocycles. The van der Waals surface area contributed by atoms with Crippen molar-refractivity contribution < 1.29 is 49.0 Å². The molecule has 0 aliphatic heterocycles. The molecule has 0 nitrogen and oxygen atoms in total. The predicted octanol–water partition coefficient (Wildman–Crippen LogP) is 4.20. The van der Waals surface area contributed by atoms with Crippen LogP contribution in [0.15, 0.2) is 71.4 Å². The summed E-state index contributed by atoms with van der Waals surface area (Å²) in [7, 11) is 0. The molecule has 202 valence electrons. The van der Waals surface area contributed by atoms with E-state index in [0.717, 1.165) is 0 Å². The molecule has 0 fully saturated rings. The maximum atomic E-state index is 3.37. The van der Waals surface area contributed by atoms with Gasteiger partial charge in [0.15, 0.2) is 0 Å². The summed E-state index contributed by atoms with van der Waals surface area (Å²) in [4.78, 5) is 0. The molecule has 3 aromatic carbocycles. The number of benzene rings is 2. The SMILES string of the molecule is CC(C)(C)c1ccc2c(c1)[cH-]c1cc(C(C)(C)C)ccc12.CC1[C-]=C(c2ccsc2)C=C1.C[C](C)=[Zr+2].[Cl-].[Cl-]. The third kappa shape index (κ3) is 9.48. The third-order valence-corrected chi connectivity index (χ3v) is 6.89. The van der Waals surface area contributed by atoms with Gasteiger partial charge in [0.05, 0.1) is 0 Å². The third-order valence-electron chi connectivity index (χ3n) is 6.20. The van der Waals surface area contributed by atoms with Gasteiger partial charge < -0.3 is 24.8 Å². The summed E-state index contributed by atoms with van der Waals surface area (Å²) in [5.41, 5.74) is 5.76. The van der Waals surface area contributed by atoms with Gasteiger partial charge in [0.25, 0.3) is 0 Å². The number of hydrogen-bond acceptors (Lipinski definition) is 1. The fraction of sp³-hybridized carbons (Fsp3) is 0.353. The molecule has 0 bridgehead atoms. The van der Waals surface area contributed by atoms with Gasteiger partial charge in [-0.25, -0.2) is 0 Å². The number of allylic oxidation sites excluding steroid dienone is 4. The molecule has 0 radical (unpaired) electrons. The number of fused-ring (bicyclic) bond motifs is 3. The van der Waals surface area contributed by atoms with Crippen molar-refractivity contribution in [1.82, 2.24) is 0 Å². The summed E-state index contributed by atoms with van der Waals surface area (Å²) < 4.78 is 1.51. The van der Waals surface area contributed by atoms with Gasteiger partial charge in [-0.1, -0.05) is 101 Å². The topological polar surface area (TPSA) is 0 Å². The average Bonchev–Trinajstić information content (AvgIpc) is 3.51. The Morgan fingerprint density at radius 2 is 1.32 bits per heavy atom. The first-order valence-corrected chi connectivity index (χ1v) is 14.9. The van der Waals surface area contributed by atoms with Gasteiger partial charge in [0.2, 0.25) is 0 Å². The van der Waals surface area contributed by atoms with Crippen LogP contribution in [0.3, 0.4) is 0 Å². The van der Waals surface area contributed by atoms with Crippen LogP contribution < -0.4 is 24.8 Å². The van der Waals surface area contributed by atoms with Gasteiger partial charge in [0, 0.05) is 0 Å². The van der Waals surface area contributed by atoms with Crippen LogP contribution in [0.4, 0.5) is 0 Å². The van der Waals surface area contributed by atoms with Gasteiger partial charge in [0.1, 0.15) is 0 Å². The Labute approximate surface area is 262 Å². The molecule has 5 rings (SSSR count). The fourth-order valence-corrected chi connectivity index (χ4v) is 4.79. The molecular formula is C34H40Cl2SZr-2. The fourth-order valence-electron chi connectivity index (χ4n) is 4.13. The summed E-state index contributed by atoms with van der Waals surface area (Å²) >= 11 is 3.29. The van der Waals surface area contributed by atoms with Crippen LogP contribution >= 0.6 is 11.3 Å². The Hall–Kier alpha value is -1.18. The summed E-state index contributed by atoms with van der Waals surface area (Å²) in [6, 6.07) is 18.3. The van der Waals surface area contributed by atoms with Crippen molar-refractivity contribution in [2.24, 2.45) is 5.92 Å². The van der Waals surface area contributed by atoms with Gasteiger partial charge in [-0.2, -0.15) is 29.1 Å². The van der Waals surface area contributed by atoms with E-state index in [9.17, 15) is 0 Å². The van der Waals surface area contributed by atoms with Crippen molar-refractivity contribution >= 4 is 41.7 Å². The summed E-state index contributed by atoms with van der Waals surface area (Å²) in [5.74, 6) is 0.491. The van der Waals surface area contributed by atoms with E-state index in [0.29, 0.717) is 5.92 Å². The summed E-state index contributed by atoms with van der Waals surface area (Å²) in [6.45, 7) is 20.0. The van der Waals surface area contributed by atoms with E-state index in [1.807, 2.05) is 0 Å². The Balaban J connectivity index is 0.000000358. The molecule has 4 heteroatoms. The number of rotatable bonds is 1. The molecule has 1 heterocycles. The average molecular weight is 643 g/mol. The second kappa shape index (κ2) is 14.5. The molecule has 4 aromatic rings. The van der Waals surface area contributed by atoms with Crippen molar-refractivity contribution in [3.05, 3.63) is 94.2 Å². The van der Waals surface area contributed by atoms with E-state index >= 15 is 0 Å². The van der Waals surface area contributed by atoms with E-state index in [-0.39, 0.29) is 35.6 Å². The maximum Gasteiger partial charge on any atom is -1.00 e. The van der Waals surface area contributed by atoms with Crippen molar-refractivity contribution in [2.75, 3.05) is 0 Å². The second-order valence-corrected chi connectivity index (χ2v) is 15.2. The smallest absolute Gasteiger partial charge is 1.00 e. The first-order chi connectivity index (χ1) is 16.8. The van der Waals surface area contributed by atoms with E-state index in [1.54, 1.807) is 35.6 Å². The molecule has 0 amide bonds. The molecule has 38 heavy (non-hydrogen) atoms.